The summed E-state index contributed by atoms with van der Waals surface area (Å²) in [6.45, 7) is 12.0. The first-order chi connectivity index (χ1) is 12.8. The van der Waals surface area contributed by atoms with Crippen molar-refractivity contribution in [2.24, 2.45) is 10.9 Å². The van der Waals surface area contributed by atoms with Gasteiger partial charge in [0.2, 0.25) is 0 Å². The minimum Gasteiger partial charge on any atom is -0.357 e. The van der Waals surface area contributed by atoms with E-state index in [0.29, 0.717) is 12.0 Å². The van der Waals surface area contributed by atoms with Crippen molar-refractivity contribution in [3.05, 3.63) is 18.7 Å². The lowest BCUT2D eigenvalue weighted by molar-refractivity contribution is 0.188. The molecule has 2 aliphatic heterocycles. The Kier molecular flexibility index (Phi) is 9.89. The van der Waals surface area contributed by atoms with Crippen molar-refractivity contribution >= 4 is 29.9 Å². The van der Waals surface area contributed by atoms with Crippen LogP contribution >= 0.6 is 24.0 Å². The van der Waals surface area contributed by atoms with E-state index in [1.807, 2.05) is 12.5 Å². The molecular weight excluding hydrogens is 451 g/mol. The summed E-state index contributed by atoms with van der Waals surface area (Å²) in [5.74, 6) is 1.75. The Balaban J connectivity index is 0.00000261. The van der Waals surface area contributed by atoms with Gasteiger partial charge in [-0.05, 0) is 45.2 Å². The third-order valence-corrected chi connectivity index (χ3v) is 5.84. The highest BCUT2D eigenvalue weighted by atomic mass is 127. The molecule has 2 unspecified atom stereocenters. The number of likely N-dealkylation sites (tertiary alicyclic amines) is 2. The van der Waals surface area contributed by atoms with E-state index in [1.165, 1.54) is 45.2 Å². The number of nitrogens with one attached hydrogen (secondary N) is 1. The van der Waals surface area contributed by atoms with E-state index in [-0.39, 0.29) is 24.0 Å². The number of rotatable bonds is 5. The first-order valence-electron chi connectivity index (χ1n) is 10.5. The molecule has 1 aromatic heterocycles. The number of aliphatic imine (C=N–C) groups is 1. The molecule has 0 radical (unpaired) electrons. The van der Waals surface area contributed by atoms with Crippen LogP contribution in [-0.4, -0.2) is 71.1 Å². The number of guanidine groups is 1. The van der Waals surface area contributed by atoms with Gasteiger partial charge in [-0.3, -0.25) is 4.99 Å². The van der Waals surface area contributed by atoms with E-state index in [4.69, 9.17) is 4.99 Å². The van der Waals surface area contributed by atoms with Crippen LogP contribution in [-0.2, 0) is 0 Å². The fourth-order valence-electron chi connectivity index (χ4n) is 4.18. The van der Waals surface area contributed by atoms with Gasteiger partial charge >= 0.3 is 0 Å². The van der Waals surface area contributed by atoms with E-state index in [0.717, 1.165) is 38.7 Å². The minimum absolute atomic E-state index is 0. The summed E-state index contributed by atoms with van der Waals surface area (Å²) in [4.78, 5) is 14.2. The molecule has 1 aromatic rings. The highest BCUT2D eigenvalue weighted by Crippen LogP contribution is 2.27. The maximum absolute atomic E-state index is 4.97. The lowest BCUT2D eigenvalue weighted by Crippen LogP contribution is -2.49. The van der Waals surface area contributed by atoms with Crippen LogP contribution in [0, 0.1) is 5.92 Å². The Morgan fingerprint density at radius 2 is 1.96 bits per heavy atom. The summed E-state index contributed by atoms with van der Waals surface area (Å²) < 4.78 is 2.26. The van der Waals surface area contributed by atoms with Gasteiger partial charge in [0.25, 0.3) is 0 Å². The van der Waals surface area contributed by atoms with Crippen molar-refractivity contribution in [1.29, 1.82) is 0 Å². The molecule has 2 aliphatic rings. The third-order valence-electron chi connectivity index (χ3n) is 5.84. The molecule has 3 heterocycles. The topological polar surface area (TPSA) is 48.7 Å². The average Bonchev–Trinajstić information content (AvgIpc) is 3.06. The van der Waals surface area contributed by atoms with Gasteiger partial charge in [0.1, 0.15) is 0 Å². The normalized spacial score (nSPS) is 25.0. The summed E-state index contributed by atoms with van der Waals surface area (Å²) in [5, 5.41) is 3.52. The summed E-state index contributed by atoms with van der Waals surface area (Å²) in [7, 11) is 0. The van der Waals surface area contributed by atoms with Gasteiger partial charge in [0.05, 0.1) is 18.9 Å². The molecule has 2 fully saturated rings. The molecule has 27 heavy (non-hydrogen) atoms. The number of nitrogens with zero attached hydrogens (tertiary/aromatic N) is 5. The highest BCUT2D eigenvalue weighted by molar-refractivity contribution is 14.0. The summed E-state index contributed by atoms with van der Waals surface area (Å²) in [5.41, 5.74) is 0. The van der Waals surface area contributed by atoms with Gasteiger partial charge in [-0.2, -0.15) is 0 Å². The van der Waals surface area contributed by atoms with E-state index in [9.17, 15) is 0 Å². The van der Waals surface area contributed by atoms with Crippen LogP contribution in [0.4, 0.5) is 0 Å². The SMILES string of the molecule is CCNC(=NCCN1CCCCCC1)N1CCC(C)C(n2ccnc2)C1.I. The van der Waals surface area contributed by atoms with Crippen LogP contribution in [0.25, 0.3) is 0 Å². The fourth-order valence-corrected chi connectivity index (χ4v) is 4.18. The highest BCUT2D eigenvalue weighted by Gasteiger charge is 2.28. The Bertz CT molecular complexity index is 539. The van der Waals surface area contributed by atoms with Gasteiger partial charge < -0.3 is 19.7 Å². The summed E-state index contributed by atoms with van der Waals surface area (Å²) >= 11 is 0. The number of aromatic nitrogens is 2. The molecule has 0 aromatic carbocycles. The smallest absolute Gasteiger partial charge is 0.194 e. The molecule has 3 rings (SSSR count). The number of hydrogen-bond acceptors (Lipinski definition) is 3. The van der Waals surface area contributed by atoms with E-state index in [1.54, 1.807) is 0 Å². The lowest BCUT2D eigenvalue weighted by atomic mass is 9.93. The van der Waals surface area contributed by atoms with Crippen LogP contribution in [0.15, 0.2) is 23.7 Å². The lowest BCUT2D eigenvalue weighted by Gasteiger charge is -2.39. The number of hydrogen-bond donors (Lipinski definition) is 1. The monoisotopic (exact) mass is 488 g/mol. The molecular formula is C20H37IN6. The summed E-state index contributed by atoms with van der Waals surface area (Å²) in [6, 6.07) is 0.473. The maximum atomic E-state index is 4.97. The van der Waals surface area contributed by atoms with Crippen LogP contribution < -0.4 is 5.32 Å². The molecule has 2 atom stereocenters. The van der Waals surface area contributed by atoms with Crippen LogP contribution in [0.1, 0.15) is 52.0 Å². The Morgan fingerprint density at radius 3 is 2.63 bits per heavy atom. The maximum Gasteiger partial charge on any atom is 0.194 e. The standard InChI is InChI=1S/C20H36N6.HI/c1-3-22-20(23-10-14-24-11-6-4-5-7-12-24)25-13-8-18(2)19(16-25)26-15-9-21-17-26;/h9,15,17-19H,3-8,10-14,16H2,1-2H3,(H,22,23);1H. The van der Waals surface area contributed by atoms with Crippen LogP contribution in [0.3, 0.4) is 0 Å². The van der Waals surface area contributed by atoms with Crippen molar-refractivity contribution in [2.75, 3.05) is 45.8 Å². The predicted octanol–water partition coefficient (Wildman–Crippen LogP) is 3.23. The molecule has 2 saturated heterocycles. The molecule has 0 saturated carbocycles. The van der Waals surface area contributed by atoms with Gasteiger partial charge in [0, 0.05) is 38.6 Å². The van der Waals surface area contributed by atoms with Crippen LogP contribution in [0.2, 0.25) is 0 Å². The average molecular weight is 488 g/mol. The zero-order valence-electron chi connectivity index (χ0n) is 17.0. The van der Waals surface area contributed by atoms with E-state index < -0.39 is 0 Å². The van der Waals surface area contributed by atoms with Crippen molar-refractivity contribution in [3.63, 3.8) is 0 Å². The first kappa shape index (κ1) is 22.5. The predicted molar refractivity (Wildman–Crippen MR) is 123 cm³/mol. The second kappa shape index (κ2) is 11.9. The molecule has 7 heteroatoms. The molecule has 1 N–H and O–H groups in total. The number of imidazole rings is 1. The molecule has 6 nitrogen and oxygen atoms in total. The van der Waals surface area contributed by atoms with Gasteiger partial charge in [-0.25, -0.2) is 4.98 Å². The van der Waals surface area contributed by atoms with E-state index in [2.05, 4.69) is 44.7 Å². The quantitative estimate of drug-likeness (QED) is 0.393. The van der Waals surface area contributed by atoms with Crippen molar-refractivity contribution in [2.45, 2.75) is 52.0 Å². The van der Waals surface area contributed by atoms with Gasteiger partial charge in [-0.15, -0.1) is 24.0 Å². The summed E-state index contributed by atoms with van der Waals surface area (Å²) in [6.07, 6.45) is 12.6. The molecule has 0 bridgehead atoms. The van der Waals surface area contributed by atoms with Gasteiger partial charge in [0.15, 0.2) is 5.96 Å². The zero-order valence-corrected chi connectivity index (χ0v) is 19.3. The van der Waals surface area contributed by atoms with Crippen molar-refractivity contribution in [1.82, 2.24) is 24.7 Å². The Labute approximate surface area is 181 Å². The molecule has 0 amide bonds. The molecule has 0 aliphatic carbocycles. The first-order valence-corrected chi connectivity index (χ1v) is 10.5. The molecule has 0 spiro atoms. The number of halogens is 1. The Hall–Kier alpha value is -0.830. The largest absolute Gasteiger partial charge is 0.357 e. The minimum atomic E-state index is 0. The third kappa shape index (κ3) is 6.62. The second-order valence-corrected chi connectivity index (χ2v) is 7.78. The Morgan fingerprint density at radius 1 is 1.19 bits per heavy atom. The van der Waals surface area contributed by atoms with Crippen molar-refractivity contribution in [3.8, 4) is 0 Å². The van der Waals surface area contributed by atoms with E-state index >= 15 is 0 Å². The second-order valence-electron chi connectivity index (χ2n) is 7.78. The fraction of sp³-hybridized carbons (Fsp3) is 0.800. The molecule has 154 valence electrons. The van der Waals surface area contributed by atoms with Crippen LogP contribution in [0.5, 0.6) is 0 Å². The number of piperidine rings is 1. The van der Waals surface area contributed by atoms with Crippen molar-refractivity contribution < 1.29 is 0 Å². The zero-order chi connectivity index (χ0) is 18.2. The van der Waals surface area contributed by atoms with Gasteiger partial charge in [-0.1, -0.05) is 19.8 Å².